The van der Waals surface area contributed by atoms with Gasteiger partial charge in [0.25, 0.3) is 5.91 Å². The second kappa shape index (κ2) is 8.68. The van der Waals surface area contributed by atoms with Crippen LogP contribution in [0.1, 0.15) is 42.6 Å². The molecule has 1 saturated heterocycles. The Bertz CT molecular complexity index is 960. The maximum atomic E-state index is 13.4. The number of halogens is 3. The van der Waals surface area contributed by atoms with E-state index < -0.39 is 23.6 Å². The SMILES string of the molecule is CC(C)OC(=O)C=Cn1cnc(-c2cc(C(=O)N3CCCC3)cc(C(F)(F)F)c2)n1. The summed E-state index contributed by atoms with van der Waals surface area (Å²) < 4.78 is 46.3. The second-order valence-corrected chi connectivity index (χ2v) is 7.15. The van der Waals surface area contributed by atoms with E-state index in [1.54, 1.807) is 13.8 Å². The van der Waals surface area contributed by atoms with E-state index in [0.717, 1.165) is 31.1 Å². The number of nitrogens with zero attached hydrogens (tertiary/aromatic N) is 4. The third kappa shape index (κ3) is 5.25. The molecule has 30 heavy (non-hydrogen) atoms. The lowest BCUT2D eigenvalue weighted by Gasteiger charge is -2.17. The first-order valence-electron chi connectivity index (χ1n) is 9.45. The Kier molecular flexibility index (Phi) is 6.23. The molecule has 7 nitrogen and oxygen atoms in total. The molecule has 0 radical (unpaired) electrons. The lowest BCUT2D eigenvalue weighted by molar-refractivity contribution is -0.141. The lowest BCUT2D eigenvalue weighted by atomic mass is 10.0. The molecular formula is C20H21F3N4O3. The summed E-state index contributed by atoms with van der Waals surface area (Å²) in [5.74, 6) is -1.03. The Hall–Kier alpha value is -3.17. The molecule has 160 valence electrons. The van der Waals surface area contributed by atoms with Crippen molar-refractivity contribution in [1.82, 2.24) is 19.7 Å². The number of carbonyl (C=O) groups is 2. The molecule has 1 aromatic carbocycles. The van der Waals surface area contributed by atoms with Crippen molar-refractivity contribution >= 4 is 18.1 Å². The molecule has 0 saturated carbocycles. The van der Waals surface area contributed by atoms with Crippen LogP contribution in [-0.2, 0) is 15.7 Å². The van der Waals surface area contributed by atoms with Crippen LogP contribution in [0.5, 0.6) is 0 Å². The quantitative estimate of drug-likeness (QED) is 0.543. The summed E-state index contributed by atoms with van der Waals surface area (Å²) >= 11 is 0. The number of benzene rings is 1. The van der Waals surface area contributed by atoms with E-state index in [1.165, 1.54) is 28.2 Å². The monoisotopic (exact) mass is 422 g/mol. The van der Waals surface area contributed by atoms with Gasteiger partial charge in [0.1, 0.15) is 6.33 Å². The number of likely N-dealkylation sites (tertiary alicyclic amines) is 1. The molecule has 0 bridgehead atoms. The predicted octanol–water partition coefficient (Wildman–Crippen LogP) is 3.62. The van der Waals surface area contributed by atoms with Crippen LogP contribution in [0.3, 0.4) is 0 Å². The van der Waals surface area contributed by atoms with Crippen LogP contribution in [0.15, 0.2) is 30.6 Å². The molecule has 0 spiro atoms. The number of esters is 1. The maximum Gasteiger partial charge on any atom is 0.416 e. The number of alkyl halides is 3. The molecule has 2 heterocycles. The molecule has 1 amide bonds. The average molecular weight is 422 g/mol. The molecular weight excluding hydrogens is 401 g/mol. The van der Waals surface area contributed by atoms with Crippen LogP contribution in [-0.4, -0.2) is 50.7 Å². The van der Waals surface area contributed by atoms with Gasteiger partial charge in [0.15, 0.2) is 5.82 Å². The van der Waals surface area contributed by atoms with Gasteiger partial charge in [0, 0.05) is 36.5 Å². The van der Waals surface area contributed by atoms with Gasteiger partial charge in [-0.2, -0.15) is 13.2 Å². The summed E-state index contributed by atoms with van der Waals surface area (Å²) in [5.41, 5.74) is -0.951. The van der Waals surface area contributed by atoms with E-state index in [1.807, 2.05) is 0 Å². The predicted molar refractivity (Wildman–Crippen MR) is 102 cm³/mol. The minimum Gasteiger partial charge on any atom is -0.460 e. The zero-order valence-corrected chi connectivity index (χ0v) is 16.5. The van der Waals surface area contributed by atoms with Crippen LogP contribution in [0.25, 0.3) is 17.6 Å². The maximum absolute atomic E-state index is 13.4. The normalized spacial score (nSPS) is 14.7. The largest absolute Gasteiger partial charge is 0.460 e. The van der Waals surface area contributed by atoms with Crippen molar-refractivity contribution in [1.29, 1.82) is 0 Å². The Morgan fingerprint density at radius 3 is 2.50 bits per heavy atom. The summed E-state index contributed by atoms with van der Waals surface area (Å²) in [6, 6.07) is 3.10. The average Bonchev–Trinajstić information content (AvgIpc) is 3.36. The number of hydrogen-bond donors (Lipinski definition) is 0. The van der Waals surface area contributed by atoms with E-state index >= 15 is 0 Å². The van der Waals surface area contributed by atoms with Gasteiger partial charge in [0.05, 0.1) is 11.7 Å². The van der Waals surface area contributed by atoms with Gasteiger partial charge in [-0.05, 0) is 44.9 Å². The number of amides is 1. The fourth-order valence-electron chi connectivity index (χ4n) is 3.03. The van der Waals surface area contributed by atoms with Crippen LogP contribution in [0.2, 0.25) is 0 Å². The lowest BCUT2D eigenvalue weighted by Crippen LogP contribution is -2.28. The molecule has 1 fully saturated rings. The molecule has 0 atom stereocenters. The van der Waals surface area contributed by atoms with Crippen molar-refractivity contribution in [2.24, 2.45) is 0 Å². The second-order valence-electron chi connectivity index (χ2n) is 7.15. The molecule has 0 aliphatic carbocycles. The van der Waals surface area contributed by atoms with Crippen LogP contribution in [0.4, 0.5) is 13.2 Å². The van der Waals surface area contributed by atoms with Gasteiger partial charge in [-0.3, -0.25) is 4.79 Å². The van der Waals surface area contributed by atoms with Gasteiger partial charge in [0.2, 0.25) is 0 Å². The van der Waals surface area contributed by atoms with Crippen LogP contribution in [0, 0.1) is 0 Å². The van der Waals surface area contributed by atoms with E-state index in [0.29, 0.717) is 13.1 Å². The van der Waals surface area contributed by atoms with Crippen molar-refractivity contribution in [3.8, 4) is 11.4 Å². The standard InChI is InChI=1S/C20H21F3N4O3/c1-13(2)30-17(28)5-8-27-12-24-18(25-27)14-9-15(11-16(10-14)20(21,22)23)19(29)26-6-3-4-7-26/h5,8-13H,3-4,6-7H2,1-2H3. The third-order valence-corrected chi connectivity index (χ3v) is 4.38. The Morgan fingerprint density at radius 2 is 1.87 bits per heavy atom. The highest BCUT2D eigenvalue weighted by atomic mass is 19.4. The first-order valence-corrected chi connectivity index (χ1v) is 9.45. The first-order chi connectivity index (χ1) is 14.1. The van der Waals surface area contributed by atoms with Crippen LogP contribution < -0.4 is 0 Å². The summed E-state index contributed by atoms with van der Waals surface area (Å²) in [4.78, 5) is 29.7. The Labute approximate surface area is 171 Å². The number of aromatic nitrogens is 3. The fraction of sp³-hybridized carbons (Fsp3) is 0.400. The van der Waals surface area contributed by atoms with Gasteiger partial charge < -0.3 is 9.64 Å². The first kappa shape index (κ1) is 21.5. The topological polar surface area (TPSA) is 77.3 Å². The Balaban J connectivity index is 1.90. The Morgan fingerprint density at radius 1 is 1.17 bits per heavy atom. The van der Waals surface area contributed by atoms with Crippen molar-refractivity contribution in [2.75, 3.05) is 13.1 Å². The van der Waals surface area contributed by atoms with Crippen molar-refractivity contribution in [3.63, 3.8) is 0 Å². The number of rotatable bonds is 5. The summed E-state index contributed by atoms with van der Waals surface area (Å²) in [5, 5.41) is 4.07. The molecule has 10 heteroatoms. The van der Waals surface area contributed by atoms with E-state index in [9.17, 15) is 22.8 Å². The minimum atomic E-state index is -4.63. The van der Waals surface area contributed by atoms with Gasteiger partial charge in [-0.25, -0.2) is 14.5 Å². The summed E-state index contributed by atoms with van der Waals surface area (Å²) in [6.45, 7) is 4.45. The zero-order valence-electron chi connectivity index (χ0n) is 16.5. The summed E-state index contributed by atoms with van der Waals surface area (Å²) in [6.07, 6.45) is 0.406. The van der Waals surface area contributed by atoms with E-state index in [2.05, 4.69) is 10.1 Å². The number of hydrogen-bond acceptors (Lipinski definition) is 5. The highest BCUT2D eigenvalue weighted by molar-refractivity contribution is 5.95. The van der Waals surface area contributed by atoms with E-state index in [-0.39, 0.29) is 23.1 Å². The molecule has 0 N–H and O–H groups in total. The molecule has 1 aliphatic heterocycles. The smallest absolute Gasteiger partial charge is 0.416 e. The third-order valence-electron chi connectivity index (χ3n) is 4.38. The molecule has 0 unspecified atom stereocenters. The van der Waals surface area contributed by atoms with Crippen molar-refractivity contribution < 1.29 is 27.5 Å². The van der Waals surface area contributed by atoms with Gasteiger partial charge in [-0.15, -0.1) is 5.10 Å². The van der Waals surface area contributed by atoms with Crippen molar-refractivity contribution in [3.05, 3.63) is 41.7 Å². The zero-order chi connectivity index (χ0) is 21.9. The highest BCUT2D eigenvalue weighted by Gasteiger charge is 2.33. The van der Waals surface area contributed by atoms with E-state index in [4.69, 9.17) is 4.74 Å². The highest BCUT2D eigenvalue weighted by Crippen LogP contribution is 2.33. The molecule has 1 aromatic heterocycles. The van der Waals surface area contributed by atoms with Gasteiger partial charge >= 0.3 is 12.1 Å². The minimum absolute atomic E-state index is 0.00144. The summed E-state index contributed by atoms with van der Waals surface area (Å²) in [7, 11) is 0. The molecule has 2 aromatic rings. The number of carbonyl (C=O) groups excluding carboxylic acids is 2. The van der Waals surface area contributed by atoms with Gasteiger partial charge in [-0.1, -0.05) is 0 Å². The number of ether oxygens (including phenoxy) is 1. The molecule has 1 aliphatic rings. The van der Waals surface area contributed by atoms with Crippen LogP contribution >= 0.6 is 0 Å². The fourth-order valence-corrected chi connectivity index (χ4v) is 3.03. The molecule has 3 rings (SSSR count). The van der Waals surface area contributed by atoms with Crippen molar-refractivity contribution in [2.45, 2.75) is 39.0 Å².